The molecule has 122 valence electrons. The third kappa shape index (κ3) is 5.45. The second-order valence-corrected chi connectivity index (χ2v) is 5.82. The lowest BCUT2D eigenvalue weighted by molar-refractivity contribution is -0.122. The van der Waals surface area contributed by atoms with Gasteiger partial charge >= 0.3 is 0 Å². The highest BCUT2D eigenvalue weighted by atomic mass is 16.2. The van der Waals surface area contributed by atoms with E-state index in [0.717, 1.165) is 29.8 Å². The molecular weight excluding hydrogens is 288 g/mol. The molecule has 0 saturated heterocycles. The fourth-order valence-corrected chi connectivity index (χ4v) is 2.41. The van der Waals surface area contributed by atoms with Crippen molar-refractivity contribution in [3.63, 3.8) is 0 Å². The predicted octanol–water partition coefficient (Wildman–Crippen LogP) is 2.48. The molecule has 0 fully saturated rings. The zero-order valence-corrected chi connectivity index (χ0v) is 14.0. The van der Waals surface area contributed by atoms with Gasteiger partial charge in [-0.3, -0.25) is 19.7 Å². The minimum Gasteiger partial charge on any atom is -0.347 e. The van der Waals surface area contributed by atoms with Gasteiger partial charge in [-0.05, 0) is 49.7 Å². The molecule has 0 spiro atoms. The molecular formula is C18H24N4O. The number of carbonyl (C=O) groups is 1. The quantitative estimate of drug-likeness (QED) is 0.853. The van der Waals surface area contributed by atoms with Gasteiger partial charge in [-0.1, -0.05) is 13.0 Å². The molecule has 2 aromatic rings. The standard InChI is InChI=1S/C18H24N4O/c1-4-16(17-6-5-14(2)11-20-17)21-18(23)13-22(3)12-15-7-9-19-10-8-15/h5-11,16H,4,12-13H2,1-3H3,(H,21,23)/t16-/m0/s1. The van der Waals surface area contributed by atoms with Gasteiger partial charge in [0.05, 0.1) is 18.3 Å². The number of aromatic nitrogens is 2. The summed E-state index contributed by atoms with van der Waals surface area (Å²) in [6.07, 6.45) is 6.18. The average Bonchev–Trinajstić information content (AvgIpc) is 2.54. The molecule has 2 rings (SSSR count). The van der Waals surface area contributed by atoms with E-state index in [1.165, 1.54) is 0 Å². The topological polar surface area (TPSA) is 58.1 Å². The Balaban J connectivity index is 1.88. The van der Waals surface area contributed by atoms with E-state index >= 15 is 0 Å². The van der Waals surface area contributed by atoms with E-state index in [4.69, 9.17) is 0 Å². The van der Waals surface area contributed by atoms with Gasteiger partial charge in [0.15, 0.2) is 0 Å². The first-order chi connectivity index (χ1) is 11.1. The van der Waals surface area contributed by atoms with Crippen molar-refractivity contribution in [2.75, 3.05) is 13.6 Å². The van der Waals surface area contributed by atoms with Crippen LogP contribution in [0, 0.1) is 6.92 Å². The Morgan fingerprint density at radius 1 is 1.26 bits per heavy atom. The Kier molecular flexibility index (Phi) is 6.23. The second kappa shape index (κ2) is 8.39. The Hall–Kier alpha value is -2.27. The first-order valence-electron chi connectivity index (χ1n) is 7.88. The lowest BCUT2D eigenvalue weighted by Gasteiger charge is -2.20. The molecule has 1 atom stereocenters. The van der Waals surface area contributed by atoms with Gasteiger partial charge < -0.3 is 5.32 Å². The Labute approximate surface area is 137 Å². The second-order valence-electron chi connectivity index (χ2n) is 5.82. The molecule has 0 aliphatic carbocycles. The lowest BCUT2D eigenvalue weighted by Crippen LogP contribution is -2.37. The summed E-state index contributed by atoms with van der Waals surface area (Å²) in [5, 5.41) is 3.06. The number of nitrogens with zero attached hydrogens (tertiary/aromatic N) is 3. The van der Waals surface area contributed by atoms with Crippen molar-refractivity contribution < 1.29 is 4.79 Å². The van der Waals surface area contributed by atoms with Crippen LogP contribution in [-0.2, 0) is 11.3 Å². The Morgan fingerprint density at radius 3 is 2.61 bits per heavy atom. The van der Waals surface area contributed by atoms with E-state index in [9.17, 15) is 4.79 Å². The van der Waals surface area contributed by atoms with Crippen LogP contribution in [0.1, 0.15) is 36.2 Å². The fourth-order valence-electron chi connectivity index (χ4n) is 2.41. The predicted molar refractivity (Wildman–Crippen MR) is 90.7 cm³/mol. The van der Waals surface area contributed by atoms with E-state index in [1.54, 1.807) is 12.4 Å². The molecule has 1 amide bonds. The third-order valence-electron chi connectivity index (χ3n) is 3.65. The van der Waals surface area contributed by atoms with Crippen LogP contribution in [-0.4, -0.2) is 34.4 Å². The molecule has 0 saturated carbocycles. The summed E-state index contributed by atoms with van der Waals surface area (Å²) in [6.45, 7) is 5.12. The summed E-state index contributed by atoms with van der Waals surface area (Å²) in [6, 6.07) is 7.87. The number of nitrogens with one attached hydrogen (secondary N) is 1. The number of likely N-dealkylation sites (N-methyl/N-ethyl adjacent to an activating group) is 1. The molecule has 2 heterocycles. The maximum atomic E-state index is 12.3. The summed E-state index contributed by atoms with van der Waals surface area (Å²) in [5.41, 5.74) is 3.16. The van der Waals surface area contributed by atoms with Crippen molar-refractivity contribution in [1.29, 1.82) is 0 Å². The van der Waals surface area contributed by atoms with Crippen LogP contribution < -0.4 is 5.32 Å². The number of aryl methyl sites for hydroxylation is 1. The van der Waals surface area contributed by atoms with Crippen LogP contribution in [0.2, 0.25) is 0 Å². The minimum absolute atomic E-state index is 0.00998. The molecule has 0 bridgehead atoms. The van der Waals surface area contributed by atoms with Crippen molar-refractivity contribution in [3.8, 4) is 0 Å². The van der Waals surface area contributed by atoms with Crippen LogP contribution in [0.25, 0.3) is 0 Å². The van der Waals surface area contributed by atoms with Gasteiger partial charge in [0, 0.05) is 25.1 Å². The largest absolute Gasteiger partial charge is 0.347 e. The van der Waals surface area contributed by atoms with Crippen molar-refractivity contribution in [2.24, 2.45) is 0 Å². The zero-order chi connectivity index (χ0) is 16.7. The number of pyridine rings is 2. The Morgan fingerprint density at radius 2 is 2.00 bits per heavy atom. The van der Waals surface area contributed by atoms with Crippen LogP contribution in [0.4, 0.5) is 0 Å². The molecule has 23 heavy (non-hydrogen) atoms. The summed E-state index contributed by atoms with van der Waals surface area (Å²) in [5.74, 6) is 0.00998. The summed E-state index contributed by atoms with van der Waals surface area (Å²) in [7, 11) is 1.94. The number of hydrogen-bond acceptors (Lipinski definition) is 4. The van der Waals surface area contributed by atoms with Crippen molar-refractivity contribution in [2.45, 2.75) is 32.9 Å². The molecule has 1 N–H and O–H groups in total. The monoisotopic (exact) mass is 312 g/mol. The van der Waals surface area contributed by atoms with Gasteiger partial charge in [-0.15, -0.1) is 0 Å². The molecule has 0 aliphatic heterocycles. The van der Waals surface area contributed by atoms with E-state index in [-0.39, 0.29) is 11.9 Å². The van der Waals surface area contributed by atoms with Crippen LogP contribution in [0.3, 0.4) is 0 Å². The number of hydrogen-bond donors (Lipinski definition) is 1. The van der Waals surface area contributed by atoms with Gasteiger partial charge in [0.25, 0.3) is 0 Å². The van der Waals surface area contributed by atoms with Crippen molar-refractivity contribution in [3.05, 3.63) is 59.7 Å². The van der Waals surface area contributed by atoms with Crippen molar-refractivity contribution >= 4 is 5.91 Å². The molecule has 0 aromatic carbocycles. The summed E-state index contributed by atoms with van der Waals surface area (Å²) >= 11 is 0. The fraction of sp³-hybridized carbons (Fsp3) is 0.389. The first-order valence-corrected chi connectivity index (χ1v) is 7.88. The maximum Gasteiger partial charge on any atom is 0.234 e. The molecule has 5 nitrogen and oxygen atoms in total. The summed E-state index contributed by atoms with van der Waals surface area (Å²) < 4.78 is 0. The Bertz CT molecular complexity index is 613. The molecule has 0 aliphatic rings. The normalized spacial score (nSPS) is 12.2. The molecule has 0 unspecified atom stereocenters. The van der Waals surface area contributed by atoms with E-state index in [1.807, 2.05) is 56.3 Å². The molecule has 0 radical (unpaired) electrons. The SMILES string of the molecule is CC[C@H](NC(=O)CN(C)Cc1ccncc1)c1ccc(C)cn1. The highest BCUT2D eigenvalue weighted by molar-refractivity contribution is 5.78. The highest BCUT2D eigenvalue weighted by Gasteiger charge is 2.15. The number of rotatable bonds is 7. The lowest BCUT2D eigenvalue weighted by atomic mass is 10.1. The van der Waals surface area contributed by atoms with Crippen LogP contribution >= 0.6 is 0 Å². The molecule has 2 aromatic heterocycles. The van der Waals surface area contributed by atoms with Crippen LogP contribution in [0.5, 0.6) is 0 Å². The zero-order valence-electron chi connectivity index (χ0n) is 14.0. The van der Waals surface area contributed by atoms with Gasteiger partial charge in [0.2, 0.25) is 5.91 Å². The first kappa shape index (κ1) is 17.1. The van der Waals surface area contributed by atoms with Crippen molar-refractivity contribution in [1.82, 2.24) is 20.2 Å². The number of amides is 1. The highest BCUT2D eigenvalue weighted by Crippen LogP contribution is 2.14. The van der Waals surface area contributed by atoms with E-state index < -0.39 is 0 Å². The van der Waals surface area contributed by atoms with Gasteiger partial charge in [-0.25, -0.2) is 0 Å². The van der Waals surface area contributed by atoms with Crippen LogP contribution in [0.15, 0.2) is 42.9 Å². The van der Waals surface area contributed by atoms with E-state index in [0.29, 0.717) is 6.54 Å². The smallest absolute Gasteiger partial charge is 0.234 e. The third-order valence-corrected chi connectivity index (χ3v) is 3.65. The van der Waals surface area contributed by atoms with Gasteiger partial charge in [-0.2, -0.15) is 0 Å². The summed E-state index contributed by atoms with van der Waals surface area (Å²) in [4.78, 5) is 22.7. The van der Waals surface area contributed by atoms with Gasteiger partial charge in [0.1, 0.15) is 0 Å². The van der Waals surface area contributed by atoms with E-state index in [2.05, 4.69) is 15.3 Å². The molecule has 5 heteroatoms. The average molecular weight is 312 g/mol. The maximum absolute atomic E-state index is 12.3. The minimum atomic E-state index is -0.0441. The number of carbonyl (C=O) groups excluding carboxylic acids is 1.